The Hall–Kier alpha value is -1.63. The van der Waals surface area contributed by atoms with E-state index in [1.54, 1.807) is 24.3 Å². The fourth-order valence-corrected chi connectivity index (χ4v) is 2.78. The molecule has 0 saturated carbocycles. The van der Waals surface area contributed by atoms with Crippen molar-refractivity contribution in [3.8, 4) is 5.75 Å². The molecule has 1 aliphatic rings. The summed E-state index contributed by atoms with van der Waals surface area (Å²) < 4.78 is 40.3. The van der Waals surface area contributed by atoms with Crippen LogP contribution in [0.2, 0.25) is 0 Å². The molecule has 0 bridgehead atoms. The van der Waals surface area contributed by atoms with Crippen molar-refractivity contribution in [2.45, 2.75) is 31.6 Å². The zero-order valence-corrected chi connectivity index (χ0v) is 12.1. The van der Waals surface area contributed by atoms with Gasteiger partial charge in [-0.3, -0.25) is 4.79 Å². The Morgan fingerprint density at radius 2 is 2.10 bits per heavy atom. The number of ether oxygens (including phenoxy) is 1. The maximum absolute atomic E-state index is 13.0. The van der Waals surface area contributed by atoms with E-state index in [0.29, 0.717) is 11.4 Å². The Balaban J connectivity index is 2.22. The van der Waals surface area contributed by atoms with E-state index < -0.39 is 21.4 Å². The van der Waals surface area contributed by atoms with Crippen LogP contribution in [-0.4, -0.2) is 32.2 Å². The molecule has 20 heavy (non-hydrogen) atoms. The third kappa shape index (κ3) is 3.27. The topological polar surface area (TPSA) is 63.7 Å². The molecule has 1 heterocycles. The molecule has 1 atom stereocenters. The van der Waals surface area contributed by atoms with Crippen molar-refractivity contribution in [2.75, 3.05) is 11.4 Å². The van der Waals surface area contributed by atoms with E-state index in [1.807, 2.05) is 13.8 Å². The summed E-state index contributed by atoms with van der Waals surface area (Å²) in [6.07, 6.45) is -0.341. The molecule has 0 spiro atoms. The van der Waals surface area contributed by atoms with Crippen molar-refractivity contribution in [2.24, 2.45) is 0 Å². The number of hydrogen-bond donors (Lipinski definition) is 0. The van der Waals surface area contributed by atoms with Crippen molar-refractivity contribution < 1.29 is 21.8 Å². The molecule has 1 fully saturated rings. The van der Waals surface area contributed by atoms with Crippen LogP contribution in [-0.2, 0) is 15.0 Å². The first-order valence-electron chi connectivity index (χ1n) is 6.28. The summed E-state index contributed by atoms with van der Waals surface area (Å²) in [5.41, 5.74) is 0.513. The molecule has 1 aromatic carbocycles. The van der Waals surface area contributed by atoms with Crippen LogP contribution in [0, 0.1) is 0 Å². The van der Waals surface area contributed by atoms with E-state index in [-0.39, 0.29) is 19.1 Å². The first-order chi connectivity index (χ1) is 9.27. The molecule has 110 valence electrons. The third-order valence-electron chi connectivity index (χ3n) is 2.99. The number of benzene rings is 1. The zero-order chi connectivity index (χ0) is 14.9. The van der Waals surface area contributed by atoms with Gasteiger partial charge >= 0.3 is 10.2 Å². The largest absolute Gasteiger partial charge is 0.491 e. The number of halogens is 1. The van der Waals surface area contributed by atoms with Crippen LogP contribution in [0.1, 0.15) is 20.3 Å². The van der Waals surface area contributed by atoms with Gasteiger partial charge < -0.3 is 9.64 Å². The van der Waals surface area contributed by atoms with E-state index in [9.17, 15) is 17.1 Å². The molecular formula is C13H16FNO4S. The number of carbonyl (C=O) groups is 1. The third-order valence-corrected chi connectivity index (χ3v) is 4.10. The highest BCUT2D eigenvalue weighted by molar-refractivity contribution is 7.87. The molecule has 1 saturated heterocycles. The van der Waals surface area contributed by atoms with Crippen molar-refractivity contribution in [1.29, 1.82) is 0 Å². The van der Waals surface area contributed by atoms with E-state index >= 15 is 0 Å². The quantitative estimate of drug-likeness (QED) is 0.797. The zero-order valence-electron chi connectivity index (χ0n) is 11.2. The van der Waals surface area contributed by atoms with Crippen LogP contribution >= 0.6 is 0 Å². The van der Waals surface area contributed by atoms with Crippen molar-refractivity contribution in [3.05, 3.63) is 24.3 Å². The van der Waals surface area contributed by atoms with Crippen LogP contribution < -0.4 is 9.64 Å². The number of hydrogen-bond acceptors (Lipinski definition) is 4. The van der Waals surface area contributed by atoms with E-state index in [4.69, 9.17) is 4.74 Å². The second-order valence-corrected chi connectivity index (χ2v) is 6.59. The smallest absolute Gasteiger partial charge is 0.307 e. The molecule has 0 aliphatic carbocycles. The van der Waals surface area contributed by atoms with Crippen molar-refractivity contribution in [3.63, 3.8) is 0 Å². The monoisotopic (exact) mass is 301 g/mol. The maximum atomic E-state index is 13.0. The van der Waals surface area contributed by atoms with Gasteiger partial charge in [-0.15, -0.1) is 3.89 Å². The van der Waals surface area contributed by atoms with Gasteiger partial charge in [-0.25, -0.2) is 0 Å². The summed E-state index contributed by atoms with van der Waals surface area (Å²) in [6.45, 7) is 3.58. The average Bonchev–Trinajstić information content (AvgIpc) is 2.70. The first-order valence-corrected chi connectivity index (χ1v) is 7.72. The molecule has 1 amide bonds. The minimum Gasteiger partial charge on any atom is -0.491 e. The molecule has 0 radical (unpaired) electrons. The highest BCUT2D eigenvalue weighted by Gasteiger charge is 2.39. The van der Waals surface area contributed by atoms with Gasteiger partial charge in [0.25, 0.3) is 0 Å². The number of nitrogens with zero attached hydrogens (tertiary/aromatic N) is 1. The summed E-state index contributed by atoms with van der Waals surface area (Å²) in [7, 11) is -4.70. The first kappa shape index (κ1) is 14.8. The second kappa shape index (κ2) is 5.40. The van der Waals surface area contributed by atoms with Crippen molar-refractivity contribution in [1.82, 2.24) is 0 Å². The number of rotatable bonds is 4. The van der Waals surface area contributed by atoms with Gasteiger partial charge in [0.2, 0.25) is 5.91 Å². The van der Waals surface area contributed by atoms with Gasteiger partial charge in [-0.1, -0.05) is 6.07 Å². The Labute approximate surface area is 117 Å². The number of anilines is 1. The van der Waals surface area contributed by atoms with Gasteiger partial charge in [0.1, 0.15) is 11.0 Å². The van der Waals surface area contributed by atoms with Gasteiger partial charge in [0.15, 0.2) is 0 Å². The van der Waals surface area contributed by atoms with Crippen LogP contribution in [0.4, 0.5) is 9.57 Å². The van der Waals surface area contributed by atoms with E-state index in [0.717, 1.165) is 0 Å². The lowest BCUT2D eigenvalue weighted by Gasteiger charge is -2.18. The number of carbonyl (C=O) groups excluding carboxylic acids is 1. The van der Waals surface area contributed by atoms with E-state index in [1.165, 1.54) is 4.90 Å². The highest BCUT2D eigenvalue weighted by atomic mass is 32.3. The molecule has 1 aliphatic heterocycles. The minimum atomic E-state index is -4.70. The van der Waals surface area contributed by atoms with Crippen LogP contribution in [0.25, 0.3) is 0 Å². The van der Waals surface area contributed by atoms with Crippen LogP contribution in [0.15, 0.2) is 24.3 Å². The predicted molar refractivity (Wildman–Crippen MR) is 73.0 cm³/mol. The fourth-order valence-electron chi connectivity index (χ4n) is 2.11. The summed E-state index contributed by atoms with van der Waals surface area (Å²) in [5, 5.41) is -1.29. The average molecular weight is 301 g/mol. The predicted octanol–water partition coefficient (Wildman–Crippen LogP) is 1.88. The maximum Gasteiger partial charge on any atom is 0.307 e. The summed E-state index contributed by atoms with van der Waals surface area (Å²) in [5.74, 6) is 0.176. The second-order valence-electron chi connectivity index (χ2n) is 4.97. The molecule has 0 aromatic heterocycles. The summed E-state index contributed by atoms with van der Waals surface area (Å²) in [4.78, 5) is 13.1. The fraction of sp³-hybridized carbons (Fsp3) is 0.462. The summed E-state index contributed by atoms with van der Waals surface area (Å²) >= 11 is 0. The lowest BCUT2D eigenvalue weighted by atomic mass is 10.2. The minimum absolute atomic E-state index is 0.0153. The number of amides is 1. The van der Waals surface area contributed by atoms with Crippen molar-refractivity contribution >= 4 is 21.8 Å². The lowest BCUT2D eigenvalue weighted by Crippen LogP contribution is -2.26. The summed E-state index contributed by atoms with van der Waals surface area (Å²) in [6, 6.07) is 6.76. The molecular weight excluding hydrogens is 285 g/mol. The lowest BCUT2D eigenvalue weighted by molar-refractivity contribution is -0.117. The molecule has 1 unspecified atom stereocenters. The van der Waals surface area contributed by atoms with Gasteiger partial charge in [0, 0.05) is 24.7 Å². The molecule has 0 N–H and O–H groups in total. The van der Waals surface area contributed by atoms with Gasteiger partial charge in [-0.2, -0.15) is 8.42 Å². The van der Waals surface area contributed by atoms with E-state index in [2.05, 4.69) is 0 Å². The molecule has 7 heteroatoms. The molecule has 2 rings (SSSR count). The SMILES string of the molecule is CC(C)Oc1cccc(N2CC(S(=O)(=O)F)CC2=O)c1. The van der Waals surface area contributed by atoms with Crippen LogP contribution in [0.3, 0.4) is 0 Å². The molecule has 1 aromatic rings. The Morgan fingerprint density at radius 3 is 2.65 bits per heavy atom. The van der Waals surface area contributed by atoms with Gasteiger partial charge in [0.05, 0.1) is 6.10 Å². The molecule has 5 nitrogen and oxygen atoms in total. The van der Waals surface area contributed by atoms with Gasteiger partial charge in [-0.05, 0) is 26.0 Å². The highest BCUT2D eigenvalue weighted by Crippen LogP contribution is 2.28. The Morgan fingerprint density at radius 1 is 1.40 bits per heavy atom. The Kier molecular flexibility index (Phi) is 3.99. The van der Waals surface area contributed by atoms with Crippen LogP contribution in [0.5, 0.6) is 5.75 Å². The standard InChI is InChI=1S/C13H16FNO4S/c1-9(2)19-11-5-3-4-10(6-11)15-8-12(7-13(15)16)20(14,17)18/h3-6,9,12H,7-8H2,1-2H3. The Bertz CT molecular complexity index is 615. The normalized spacial score (nSPS) is 19.7.